The van der Waals surface area contributed by atoms with Gasteiger partial charge < -0.3 is 20.5 Å². The molecule has 5 nitrogen and oxygen atoms in total. The van der Waals surface area contributed by atoms with Gasteiger partial charge >= 0.3 is 0 Å². The highest BCUT2D eigenvalue weighted by Crippen LogP contribution is 2.36. The Kier molecular flexibility index (Phi) is 7.25. The molecule has 2 aliphatic rings. The summed E-state index contributed by atoms with van der Waals surface area (Å²) < 4.78 is 5.42. The molecule has 0 aromatic heterocycles. The molecule has 140 valence electrons. The van der Waals surface area contributed by atoms with Crippen LogP contribution in [0.3, 0.4) is 0 Å². The van der Waals surface area contributed by atoms with Gasteiger partial charge in [-0.05, 0) is 37.7 Å². The van der Waals surface area contributed by atoms with Gasteiger partial charge in [-0.2, -0.15) is 0 Å². The molecule has 0 aliphatic carbocycles. The molecule has 0 bridgehead atoms. The summed E-state index contributed by atoms with van der Waals surface area (Å²) in [5.74, 6) is 0.163. The Morgan fingerprint density at radius 3 is 2.64 bits per heavy atom. The first-order chi connectivity index (χ1) is 11.7. The second kappa shape index (κ2) is 8.99. The highest BCUT2D eigenvalue weighted by Gasteiger charge is 2.44. The zero-order chi connectivity index (χ0) is 17.0. The van der Waals surface area contributed by atoms with Crippen LogP contribution in [-0.2, 0) is 9.53 Å². The first-order valence-corrected chi connectivity index (χ1v) is 8.98. The number of hydrogen-bond acceptors (Lipinski definition) is 4. The van der Waals surface area contributed by atoms with Gasteiger partial charge in [-0.15, -0.1) is 12.4 Å². The van der Waals surface area contributed by atoms with Crippen molar-refractivity contribution in [2.45, 2.75) is 44.2 Å². The number of nitrogens with zero attached hydrogens (tertiary/aromatic N) is 1. The lowest BCUT2D eigenvalue weighted by atomic mass is 9.78. The summed E-state index contributed by atoms with van der Waals surface area (Å²) in [5, 5.41) is 10.5. The van der Waals surface area contributed by atoms with Crippen LogP contribution in [0.2, 0.25) is 0 Å². The predicted octanol–water partition coefficient (Wildman–Crippen LogP) is 2.28. The van der Waals surface area contributed by atoms with E-state index in [1.165, 1.54) is 0 Å². The normalized spacial score (nSPS) is 23.8. The van der Waals surface area contributed by atoms with E-state index in [1.54, 1.807) is 0 Å². The van der Waals surface area contributed by atoms with Crippen molar-refractivity contribution in [2.75, 3.05) is 26.3 Å². The van der Waals surface area contributed by atoms with Crippen LogP contribution in [0.4, 0.5) is 0 Å². The Labute approximate surface area is 155 Å². The van der Waals surface area contributed by atoms with Crippen molar-refractivity contribution in [3.05, 3.63) is 35.9 Å². The van der Waals surface area contributed by atoms with Crippen molar-refractivity contribution in [1.29, 1.82) is 0 Å². The number of carbonyl (C=O) groups is 1. The SMILES string of the molecule is Cl.NCC1(C(=O)N2CCCC2CC(O)c2ccccc2)CCOCC1. The van der Waals surface area contributed by atoms with Crippen molar-refractivity contribution in [3.63, 3.8) is 0 Å². The smallest absolute Gasteiger partial charge is 0.230 e. The molecule has 2 atom stereocenters. The van der Waals surface area contributed by atoms with Crippen LogP contribution in [0.5, 0.6) is 0 Å². The molecule has 6 heteroatoms. The molecule has 0 saturated carbocycles. The summed E-state index contributed by atoms with van der Waals surface area (Å²) in [4.78, 5) is 15.2. The number of likely N-dealkylation sites (tertiary alicyclic amines) is 1. The number of rotatable bonds is 5. The highest BCUT2D eigenvalue weighted by molar-refractivity contribution is 5.85. The van der Waals surface area contributed by atoms with Gasteiger partial charge in [-0.3, -0.25) is 4.79 Å². The van der Waals surface area contributed by atoms with E-state index >= 15 is 0 Å². The second-order valence-corrected chi connectivity index (χ2v) is 7.05. The molecule has 2 unspecified atom stereocenters. The van der Waals surface area contributed by atoms with Crippen LogP contribution in [0.15, 0.2) is 30.3 Å². The fourth-order valence-corrected chi connectivity index (χ4v) is 3.99. The molecule has 1 amide bonds. The zero-order valence-corrected chi connectivity index (χ0v) is 15.4. The largest absolute Gasteiger partial charge is 0.388 e. The van der Waals surface area contributed by atoms with Crippen LogP contribution in [-0.4, -0.2) is 48.3 Å². The Morgan fingerprint density at radius 2 is 2.00 bits per heavy atom. The third kappa shape index (κ3) is 4.34. The third-order valence-corrected chi connectivity index (χ3v) is 5.61. The Bertz CT molecular complexity index is 549. The second-order valence-electron chi connectivity index (χ2n) is 7.05. The number of benzene rings is 1. The number of carbonyl (C=O) groups excluding carboxylic acids is 1. The first-order valence-electron chi connectivity index (χ1n) is 8.98. The van der Waals surface area contributed by atoms with Crippen LogP contribution in [0, 0.1) is 5.41 Å². The lowest BCUT2D eigenvalue weighted by Gasteiger charge is -2.40. The molecule has 2 heterocycles. The highest BCUT2D eigenvalue weighted by atomic mass is 35.5. The minimum atomic E-state index is -0.534. The third-order valence-electron chi connectivity index (χ3n) is 5.61. The lowest BCUT2D eigenvalue weighted by Crippen LogP contribution is -2.52. The van der Waals surface area contributed by atoms with E-state index in [0.29, 0.717) is 39.0 Å². The number of amides is 1. The maximum Gasteiger partial charge on any atom is 0.230 e. The summed E-state index contributed by atoms with van der Waals surface area (Å²) in [6.45, 7) is 2.36. The first kappa shape index (κ1) is 20.2. The van der Waals surface area contributed by atoms with Gasteiger partial charge in [0.2, 0.25) is 5.91 Å². The van der Waals surface area contributed by atoms with E-state index in [4.69, 9.17) is 10.5 Å². The molecule has 0 spiro atoms. The van der Waals surface area contributed by atoms with E-state index in [2.05, 4.69) is 0 Å². The minimum absolute atomic E-state index is 0. The summed E-state index contributed by atoms with van der Waals surface area (Å²) in [6, 6.07) is 9.78. The number of nitrogens with two attached hydrogens (primary N) is 1. The lowest BCUT2D eigenvalue weighted by molar-refractivity contribution is -0.148. The van der Waals surface area contributed by atoms with E-state index in [-0.39, 0.29) is 24.4 Å². The van der Waals surface area contributed by atoms with Crippen LogP contribution in [0.1, 0.15) is 43.8 Å². The number of hydrogen-bond donors (Lipinski definition) is 2. The van der Waals surface area contributed by atoms with Crippen LogP contribution < -0.4 is 5.73 Å². The van der Waals surface area contributed by atoms with Crippen LogP contribution in [0.25, 0.3) is 0 Å². The summed E-state index contributed by atoms with van der Waals surface area (Å²) >= 11 is 0. The molecule has 3 N–H and O–H groups in total. The van der Waals surface area contributed by atoms with E-state index in [9.17, 15) is 9.90 Å². The maximum absolute atomic E-state index is 13.2. The Morgan fingerprint density at radius 1 is 1.32 bits per heavy atom. The average Bonchev–Trinajstić information content (AvgIpc) is 3.10. The monoisotopic (exact) mass is 368 g/mol. The standard InChI is InChI=1S/C19H28N2O3.ClH/c20-14-19(8-11-24-12-9-19)18(23)21-10-4-7-16(21)13-17(22)15-5-2-1-3-6-15;/h1-3,5-6,16-17,22H,4,7-14,20H2;1H. The molecule has 0 radical (unpaired) electrons. The fourth-order valence-electron chi connectivity index (χ4n) is 3.99. The summed E-state index contributed by atoms with van der Waals surface area (Å²) in [5.41, 5.74) is 6.43. The fraction of sp³-hybridized carbons (Fsp3) is 0.632. The summed E-state index contributed by atoms with van der Waals surface area (Å²) in [7, 11) is 0. The molecule has 1 aromatic rings. The average molecular weight is 369 g/mol. The van der Waals surface area contributed by atoms with Gasteiger partial charge in [0, 0.05) is 32.3 Å². The molecule has 3 rings (SSSR count). The molecule has 2 saturated heterocycles. The van der Waals surface area contributed by atoms with Gasteiger partial charge in [0.1, 0.15) is 0 Å². The number of ether oxygens (including phenoxy) is 1. The van der Waals surface area contributed by atoms with E-state index < -0.39 is 11.5 Å². The topological polar surface area (TPSA) is 75.8 Å². The van der Waals surface area contributed by atoms with Crippen molar-refractivity contribution in [1.82, 2.24) is 4.90 Å². The number of halogens is 1. The molecule has 2 fully saturated rings. The minimum Gasteiger partial charge on any atom is -0.388 e. The van der Waals surface area contributed by atoms with Gasteiger partial charge in [-0.25, -0.2) is 0 Å². The van der Waals surface area contributed by atoms with Crippen molar-refractivity contribution < 1.29 is 14.6 Å². The van der Waals surface area contributed by atoms with Gasteiger partial charge in [0.05, 0.1) is 11.5 Å². The molecule has 1 aromatic carbocycles. The predicted molar refractivity (Wildman–Crippen MR) is 99.5 cm³/mol. The van der Waals surface area contributed by atoms with Crippen LogP contribution >= 0.6 is 12.4 Å². The Balaban J connectivity index is 0.00000225. The Hall–Kier alpha value is -1.14. The maximum atomic E-state index is 13.2. The molecular weight excluding hydrogens is 340 g/mol. The number of aliphatic hydroxyl groups excluding tert-OH is 1. The van der Waals surface area contributed by atoms with Crippen molar-refractivity contribution in [3.8, 4) is 0 Å². The molecule has 2 aliphatic heterocycles. The summed E-state index contributed by atoms with van der Waals surface area (Å²) in [6.07, 6.45) is 3.40. The van der Waals surface area contributed by atoms with Gasteiger partial charge in [0.15, 0.2) is 0 Å². The van der Waals surface area contributed by atoms with E-state index in [0.717, 1.165) is 24.9 Å². The van der Waals surface area contributed by atoms with Gasteiger partial charge in [0.25, 0.3) is 0 Å². The van der Waals surface area contributed by atoms with Crippen molar-refractivity contribution in [2.24, 2.45) is 11.1 Å². The molecule has 25 heavy (non-hydrogen) atoms. The number of aliphatic hydroxyl groups is 1. The van der Waals surface area contributed by atoms with E-state index in [1.807, 2.05) is 35.2 Å². The molecular formula is C19H29ClN2O3. The quantitative estimate of drug-likeness (QED) is 0.836. The van der Waals surface area contributed by atoms with Crippen molar-refractivity contribution >= 4 is 18.3 Å². The van der Waals surface area contributed by atoms with Gasteiger partial charge in [-0.1, -0.05) is 30.3 Å². The zero-order valence-electron chi connectivity index (χ0n) is 14.6.